The molecule has 86 valence electrons. The Morgan fingerprint density at radius 2 is 2.07 bits per heavy atom. The van der Waals surface area contributed by atoms with E-state index < -0.39 is 11.8 Å². The fraction of sp³-hybridized carbons (Fsp3) is 0.900. The van der Waals surface area contributed by atoms with Crippen LogP contribution in [0.1, 0.15) is 32.1 Å². The summed E-state index contributed by atoms with van der Waals surface area (Å²) in [4.78, 5) is 11.7. The summed E-state index contributed by atoms with van der Waals surface area (Å²) in [5.41, 5.74) is -0.130. The zero-order valence-corrected chi connectivity index (χ0v) is 9.95. The molecule has 1 N–H and O–H groups in total. The first kappa shape index (κ1) is 11.3. The molecule has 0 aromatic heterocycles. The summed E-state index contributed by atoms with van der Waals surface area (Å²) >= 11 is 3.33. The molecule has 15 heavy (non-hydrogen) atoms. The van der Waals surface area contributed by atoms with Gasteiger partial charge < -0.3 is 5.32 Å². The van der Waals surface area contributed by atoms with Gasteiger partial charge in [-0.15, -0.1) is 0 Å². The topological polar surface area (TPSA) is 29.1 Å². The number of rotatable bonds is 3. The van der Waals surface area contributed by atoms with E-state index in [1.54, 1.807) is 0 Å². The molecule has 0 heterocycles. The molecule has 2 aliphatic carbocycles. The summed E-state index contributed by atoms with van der Waals surface area (Å²) in [7, 11) is 0. The van der Waals surface area contributed by atoms with Gasteiger partial charge in [-0.2, -0.15) is 0 Å². The van der Waals surface area contributed by atoms with Gasteiger partial charge in [-0.3, -0.25) is 4.79 Å². The van der Waals surface area contributed by atoms with Crippen molar-refractivity contribution >= 4 is 21.8 Å². The van der Waals surface area contributed by atoms with E-state index in [0.717, 1.165) is 18.2 Å². The van der Waals surface area contributed by atoms with Gasteiger partial charge in [-0.1, -0.05) is 15.9 Å². The Morgan fingerprint density at radius 3 is 2.47 bits per heavy atom. The highest BCUT2D eigenvalue weighted by Crippen LogP contribution is 2.41. The maximum absolute atomic E-state index is 12.9. The lowest BCUT2D eigenvalue weighted by Gasteiger charge is -2.17. The second-order valence-electron chi connectivity index (χ2n) is 4.70. The summed E-state index contributed by atoms with van der Waals surface area (Å²) in [6.45, 7) is 0. The van der Waals surface area contributed by atoms with Crippen molar-refractivity contribution in [3.63, 3.8) is 0 Å². The van der Waals surface area contributed by atoms with E-state index in [1.165, 1.54) is 0 Å². The molecule has 5 heteroatoms. The van der Waals surface area contributed by atoms with Crippen LogP contribution in [0.4, 0.5) is 8.78 Å². The van der Waals surface area contributed by atoms with Gasteiger partial charge >= 0.3 is 0 Å². The fourth-order valence-electron chi connectivity index (χ4n) is 1.98. The van der Waals surface area contributed by atoms with Crippen molar-refractivity contribution in [1.82, 2.24) is 5.32 Å². The molecule has 1 unspecified atom stereocenters. The molecule has 2 nitrogen and oxygen atoms in total. The number of hydrogen-bond donors (Lipinski definition) is 1. The van der Waals surface area contributed by atoms with Crippen LogP contribution in [0.3, 0.4) is 0 Å². The predicted molar refractivity (Wildman–Crippen MR) is 56.2 cm³/mol. The fourth-order valence-corrected chi connectivity index (χ4v) is 2.68. The van der Waals surface area contributed by atoms with Crippen molar-refractivity contribution in [3.8, 4) is 0 Å². The van der Waals surface area contributed by atoms with Gasteiger partial charge in [-0.25, -0.2) is 8.78 Å². The van der Waals surface area contributed by atoms with Gasteiger partial charge in [0.1, 0.15) is 0 Å². The van der Waals surface area contributed by atoms with Crippen molar-refractivity contribution in [2.45, 2.75) is 43.6 Å². The average Bonchev–Trinajstić information content (AvgIpc) is 2.84. The molecule has 2 rings (SSSR count). The Morgan fingerprint density at radius 1 is 1.40 bits per heavy atom. The number of nitrogens with one attached hydrogen (secondary N) is 1. The van der Waals surface area contributed by atoms with Crippen LogP contribution < -0.4 is 5.32 Å². The minimum atomic E-state index is -2.63. The number of amides is 1. The van der Waals surface area contributed by atoms with Crippen LogP contribution in [-0.4, -0.2) is 22.7 Å². The normalized spacial score (nSPS) is 31.3. The van der Waals surface area contributed by atoms with Gasteiger partial charge in [0.05, 0.1) is 0 Å². The Kier molecular flexibility index (Phi) is 2.77. The number of alkyl halides is 3. The van der Waals surface area contributed by atoms with E-state index in [9.17, 15) is 13.6 Å². The van der Waals surface area contributed by atoms with Crippen LogP contribution in [0.5, 0.6) is 0 Å². The molecule has 2 fully saturated rings. The van der Waals surface area contributed by atoms with Gasteiger partial charge in [0.2, 0.25) is 11.8 Å². The summed E-state index contributed by atoms with van der Waals surface area (Å²) < 4.78 is 25.8. The van der Waals surface area contributed by atoms with Crippen molar-refractivity contribution in [1.29, 1.82) is 0 Å². The monoisotopic (exact) mass is 281 g/mol. The average molecular weight is 282 g/mol. The molecular formula is C10H14BrF2NO. The van der Waals surface area contributed by atoms with Crippen LogP contribution in [0.15, 0.2) is 0 Å². The standard InChI is InChI=1S/C10H14BrF2NO/c11-6-9(3-4-9)14-8(15)7-1-2-10(12,13)5-7/h7H,1-6H2,(H,14,15). The number of hydrogen-bond acceptors (Lipinski definition) is 1. The Labute approximate surface area is 95.9 Å². The number of carbonyl (C=O) groups is 1. The van der Waals surface area contributed by atoms with Gasteiger partial charge in [0.15, 0.2) is 0 Å². The summed E-state index contributed by atoms with van der Waals surface area (Å²) in [6, 6.07) is 0. The van der Waals surface area contributed by atoms with E-state index in [0.29, 0.717) is 6.42 Å². The third-order valence-corrected chi connectivity index (χ3v) is 4.35. The highest BCUT2D eigenvalue weighted by atomic mass is 79.9. The first-order chi connectivity index (χ1) is 6.96. The van der Waals surface area contributed by atoms with E-state index in [-0.39, 0.29) is 24.3 Å². The predicted octanol–water partition coefficient (Wildman–Crippen LogP) is 2.47. The molecule has 1 amide bonds. The van der Waals surface area contributed by atoms with E-state index in [2.05, 4.69) is 21.2 Å². The van der Waals surface area contributed by atoms with Gasteiger partial charge in [-0.05, 0) is 19.3 Å². The van der Waals surface area contributed by atoms with Gasteiger partial charge in [0.25, 0.3) is 0 Å². The third kappa shape index (κ3) is 2.49. The largest absolute Gasteiger partial charge is 0.350 e. The van der Waals surface area contributed by atoms with Crippen LogP contribution in [0.2, 0.25) is 0 Å². The molecule has 0 radical (unpaired) electrons. The second kappa shape index (κ2) is 3.68. The van der Waals surface area contributed by atoms with Crippen molar-refractivity contribution in [3.05, 3.63) is 0 Å². The van der Waals surface area contributed by atoms with E-state index >= 15 is 0 Å². The molecule has 0 saturated heterocycles. The number of halogens is 3. The van der Waals surface area contributed by atoms with Crippen molar-refractivity contribution < 1.29 is 13.6 Å². The molecule has 2 saturated carbocycles. The zero-order chi connectivity index (χ0) is 11.1. The van der Waals surface area contributed by atoms with Crippen molar-refractivity contribution in [2.24, 2.45) is 5.92 Å². The third-order valence-electron chi connectivity index (χ3n) is 3.27. The molecule has 0 aromatic carbocycles. The van der Waals surface area contributed by atoms with Crippen LogP contribution >= 0.6 is 15.9 Å². The maximum atomic E-state index is 12.9. The Balaban J connectivity index is 1.87. The summed E-state index contributed by atoms with van der Waals surface area (Å²) in [5.74, 6) is -3.31. The molecule has 0 aromatic rings. The lowest BCUT2D eigenvalue weighted by atomic mass is 10.1. The Bertz CT molecular complexity index is 279. The lowest BCUT2D eigenvalue weighted by molar-refractivity contribution is -0.126. The minimum Gasteiger partial charge on any atom is -0.350 e. The SMILES string of the molecule is O=C(NC1(CBr)CC1)C1CCC(F)(F)C1. The zero-order valence-electron chi connectivity index (χ0n) is 8.36. The summed E-state index contributed by atoms with van der Waals surface area (Å²) in [6.07, 6.45) is 1.79. The molecule has 1 atom stereocenters. The highest BCUT2D eigenvalue weighted by Gasteiger charge is 2.47. The molecular weight excluding hydrogens is 268 g/mol. The Hall–Kier alpha value is -0.190. The van der Waals surface area contributed by atoms with E-state index in [1.807, 2.05) is 0 Å². The smallest absolute Gasteiger partial charge is 0.248 e. The highest BCUT2D eigenvalue weighted by molar-refractivity contribution is 9.09. The minimum absolute atomic E-state index is 0.130. The summed E-state index contributed by atoms with van der Waals surface area (Å²) in [5, 5.41) is 3.59. The lowest BCUT2D eigenvalue weighted by Crippen LogP contribution is -2.41. The first-order valence-corrected chi connectivity index (χ1v) is 6.34. The van der Waals surface area contributed by atoms with Crippen LogP contribution in [0, 0.1) is 5.92 Å². The van der Waals surface area contributed by atoms with Crippen LogP contribution in [-0.2, 0) is 4.79 Å². The number of carbonyl (C=O) groups excluding carboxylic acids is 1. The molecule has 2 aliphatic rings. The first-order valence-electron chi connectivity index (χ1n) is 5.22. The van der Waals surface area contributed by atoms with Gasteiger partial charge in [0, 0.05) is 29.6 Å². The quantitative estimate of drug-likeness (QED) is 0.792. The second-order valence-corrected chi connectivity index (χ2v) is 5.26. The van der Waals surface area contributed by atoms with Crippen molar-refractivity contribution in [2.75, 3.05) is 5.33 Å². The molecule has 0 bridgehead atoms. The van der Waals surface area contributed by atoms with Crippen LogP contribution in [0.25, 0.3) is 0 Å². The molecule has 0 aliphatic heterocycles. The maximum Gasteiger partial charge on any atom is 0.248 e. The van der Waals surface area contributed by atoms with E-state index in [4.69, 9.17) is 0 Å². The molecule has 0 spiro atoms.